The molecule has 1 unspecified atom stereocenters. The van der Waals surface area contributed by atoms with Crippen LogP contribution >= 0.6 is 0 Å². The van der Waals surface area contributed by atoms with Crippen LogP contribution in [-0.4, -0.2) is 46.4 Å². The third-order valence-corrected chi connectivity index (χ3v) is 3.15. The van der Waals surface area contributed by atoms with Crippen LogP contribution < -0.4 is 5.73 Å². The van der Waals surface area contributed by atoms with Crippen molar-refractivity contribution in [2.75, 3.05) is 19.7 Å². The molecule has 0 aliphatic carbocycles. The van der Waals surface area contributed by atoms with Crippen LogP contribution in [0.25, 0.3) is 0 Å². The highest BCUT2D eigenvalue weighted by atomic mass is 19.4. The number of aliphatic imine (C=N–C) groups is 1. The second kappa shape index (κ2) is 5.92. The molecule has 1 aromatic heterocycles. The lowest BCUT2D eigenvalue weighted by molar-refractivity contribution is -0.142. The van der Waals surface area contributed by atoms with Gasteiger partial charge in [-0.3, -0.25) is 4.68 Å². The Labute approximate surface area is 120 Å². The molecule has 0 radical (unpaired) electrons. The van der Waals surface area contributed by atoms with Gasteiger partial charge in [0.05, 0.1) is 19.3 Å². The van der Waals surface area contributed by atoms with Crippen LogP contribution in [0, 0.1) is 0 Å². The van der Waals surface area contributed by atoms with E-state index in [1.54, 1.807) is 4.90 Å². The molecule has 1 aliphatic rings. The van der Waals surface area contributed by atoms with E-state index in [1.807, 2.05) is 6.92 Å². The summed E-state index contributed by atoms with van der Waals surface area (Å²) in [5.41, 5.74) is 4.93. The third kappa shape index (κ3) is 3.87. The molecule has 0 aromatic carbocycles. The number of morpholine rings is 1. The zero-order valence-electron chi connectivity index (χ0n) is 11.9. The minimum atomic E-state index is -4.49. The molecule has 6 nitrogen and oxygen atoms in total. The van der Waals surface area contributed by atoms with E-state index in [9.17, 15) is 13.2 Å². The lowest BCUT2D eigenvalue weighted by Crippen LogP contribution is -2.47. The number of hydrogen-bond acceptors (Lipinski definition) is 3. The maximum atomic E-state index is 12.8. The standard InChI is InChI=1S/C12H18F3N5O/c1-8-6-20(3-4-21-8)11(16)17-5-9-7-19(2)18-10(9)12(13,14)15/h7-8H,3-6H2,1-2H3,(H2,16,17). The van der Waals surface area contributed by atoms with Crippen molar-refractivity contribution in [2.24, 2.45) is 17.8 Å². The van der Waals surface area contributed by atoms with Crippen molar-refractivity contribution in [3.63, 3.8) is 0 Å². The normalized spacial score (nSPS) is 20.9. The van der Waals surface area contributed by atoms with Crippen LogP contribution in [0.15, 0.2) is 11.2 Å². The van der Waals surface area contributed by atoms with Gasteiger partial charge in [-0.15, -0.1) is 0 Å². The maximum absolute atomic E-state index is 12.8. The average molecular weight is 305 g/mol. The first-order valence-electron chi connectivity index (χ1n) is 6.53. The van der Waals surface area contributed by atoms with E-state index in [0.29, 0.717) is 19.7 Å². The first-order valence-corrected chi connectivity index (χ1v) is 6.53. The van der Waals surface area contributed by atoms with E-state index in [-0.39, 0.29) is 24.2 Å². The van der Waals surface area contributed by atoms with Crippen molar-refractivity contribution in [3.8, 4) is 0 Å². The topological polar surface area (TPSA) is 68.7 Å². The molecule has 1 atom stereocenters. The van der Waals surface area contributed by atoms with E-state index in [4.69, 9.17) is 10.5 Å². The van der Waals surface area contributed by atoms with E-state index < -0.39 is 11.9 Å². The first-order chi connectivity index (χ1) is 9.77. The summed E-state index contributed by atoms with van der Waals surface area (Å²) in [5.74, 6) is 0.224. The quantitative estimate of drug-likeness (QED) is 0.653. The van der Waals surface area contributed by atoms with Crippen molar-refractivity contribution in [1.29, 1.82) is 0 Å². The van der Waals surface area contributed by atoms with Gasteiger partial charge in [-0.2, -0.15) is 18.3 Å². The zero-order valence-corrected chi connectivity index (χ0v) is 11.9. The molecule has 0 amide bonds. The Morgan fingerprint density at radius 1 is 1.57 bits per heavy atom. The summed E-state index contributed by atoms with van der Waals surface area (Å²) >= 11 is 0. The Bertz CT molecular complexity index is 525. The summed E-state index contributed by atoms with van der Waals surface area (Å²) in [5, 5.41) is 3.43. The number of rotatable bonds is 2. The molecule has 2 N–H and O–H groups in total. The van der Waals surface area contributed by atoms with Crippen LogP contribution in [0.3, 0.4) is 0 Å². The van der Waals surface area contributed by atoms with E-state index in [2.05, 4.69) is 10.1 Å². The zero-order chi connectivity index (χ0) is 15.6. The Morgan fingerprint density at radius 3 is 2.90 bits per heavy atom. The highest BCUT2D eigenvalue weighted by molar-refractivity contribution is 5.78. The van der Waals surface area contributed by atoms with Gasteiger partial charge in [0.2, 0.25) is 0 Å². The van der Waals surface area contributed by atoms with Crippen LogP contribution in [0.5, 0.6) is 0 Å². The molecule has 0 bridgehead atoms. The summed E-state index contributed by atoms with van der Waals surface area (Å²) in [7, 11) is 1.44. The van der Waals surface area contributed by atoms with Gasteiger partial charge in [0.1, 0.15) is 0 Å². The Hall–Kier alpha value is -1.77. The van der Waals surface area contributed by atoms with Crippen molar-refractivity contribution in [1.82, 2.24) is 14.7 Å². The predicted molar refractivity (Wildman–Crippen MR) is 70.5 cm³/mol. The van der Waals surface area contributed by atoms with Crippen molar-refractivity contribution < 1.29 is 17.9 Å². The molecule has 0 spiro atoms. The fraction of sp³-hybridized carbons (Fsp3) is 0.667. The number of nitrogens with two attached hydrogens (primary N) is 1. The fourth-order valence-electron chi connectivity index (χ4n) is 2.18. The minimum Gasteiger partial charge on any atom is -0.375 e. The van der Waals surface area contributed by atoms with Gasteiger partial charge in [0.25, 0.3) is 0 Å². The summed E-state index contributed by atoms with van der Waals surface area (Å²) in [4.78, 5) is 5.85. The molecule has 1 fully saturated rings. The fourth-order valence-corrected chi connectivity index (χ4v) is 2.18. The molecule has 0 saturated carbocycles. The largest absolute Gasteiger partial charge is 0.435 e. The summed E-state index contributed by atoms with van der Waals surface area (Å²) < 4.78 is 44.9. The van der Waals surface area contributed by atoms with E-state index in [0.717, 1.165) is 4.68 Å². The number of nitrogens with zero attached hydrogens (tertiary/aromatic N) is 4. The molecule has 1 saturated heterocycles. The van der Waals surface area contributed by atoms with Gasteiger partial charge in [-0.05, 0) is 6.92 Å². The van der Waals surface area contributed by atoms with Gasteiger partial charge in [-0.1, -0.05) is 0 Å². The van der Waals surface area contributed by atoms with Crippen LogP contribution in [0.4, 0.5) is 13.2 Å². The number of ether oxygens (including phenoxy) is 1. The predicted octanol–water partition coefficient (Wildman–Crippen LogP) is 0.974. The van der Waals surface area contributed by atoms with Crippen molar-refractivity contribution in [2.45, 2.75) is 25.7 Å². The molecule has 2 heterocycles. The third-order valence-electron chi connectivity index (χ3n) is 3.15. The maximum Gasteiger partial charge on any atom is 0.435 e. The number of guanidine groups is 1. The average Bonchev–Trinajstić information content (AvgIpc) is 2.77. The smallest absolute Gasteiger partial charge is 0.375 e. The molecule has 118 valence electrons. The number of hydrogen-bond donors (Lipinski definition) is 1. The second-order valence-electron chi connectivity index (χ2n) is 4.98. The lowest BCUT2D eigenvalue weighted by Gasteiger charge is -2.31. The highest BCUT2D eigenvalue weighted by Crippen LogP contribution is 2.30. The minimum absolute atomic E-state index is 0.00857. The monoisotopic (exact) mass is 305 g/mol. The molecular formula is C12H18F3N5O. The van der Waals surface area contributed by atoms with Crippen molar-refractivity contribution >= 4 is 5.96 Å². The van der Waals surface area contributed by atoms with E-state index in [1.165, 1.54) is 13.2 Å². The first kappa shape index (κ1) is 15.6. The molecule has 1 aliphatic heterocycles. The van der Waals surface area contributed by atoms with Gasteiger partial charge in [0, 0.05) is 31.9 Å². The number of aromatic nitrogens is 2. The van der Waals surface area contributed by atoms with Gasteiger partial charge in [0.15, 0.2) is 11.7 Å². The Kier molecular flexibility index (Phi) is 4.40. The van der Waals surface area contributed by atoms with Crippen molar-refractivity contribution in [3.05, 3.63) is 17.5 Å². The number of halogens is 3. The number of alkyl halides is 3. The van der Waals surface area contributed by atoms with Gasteiger partial charge < -0.3 is 15.4 Å². The van der Waals surface area contributed by atoms with Gasteiger partial charge >= 0.3 is 6.18 Å². The lowest BCUT2D eigenvalue weighted by atomic mass is 10.2. The second-order valence-corrected chi connectivity index (χ2v) is 4.98. The van der Waals surface area contributed by atoms with Gasteiger partial charge in [-0.25, -0.2) is 4.99 Å². The summed E-state index contributed by atoms with van der Waals surface area (Å²) in [6.45, 7) is 3.44. The Balaban J connectivity index is 2.10. The SMILES string of the molecule is CC1CN(C(N)=NCc2cn(C)nc2C(F)(F)F)CCO1. The molecule has 21 heavy (non-hydrogen) atoms. The highest BCUT2D eigenvalue weighted by Gasteiger charge is 2.36. The summed E-state index contributed by atoms with van der Waals surface area (Å²) in [6, 6.07) is 0. The van der Waals surface area contributed by atoms with Crippen LogP contribution in [0.2, 0.25) is 0 Å². The molecule has 2 rings (SSSR count). The summed E-state index contributed by atoms with van der Waals surface area (Å²) in [6.07, 6.45) is -3.16. The van der Waals surface area contributed by atoms with Crippen LogP contribution in [0.1, 0.15) is 18.2 Å². The molecule has 1 aromatic rings. The van der Waals surface area contributed by atoms with Crippen LogP contribution in [-0.2, 0) is 24.5 Å². The Morgan fingerprint density at radius 2 is 2.29 bits per heavy atom. The molecular weight excluding hydrogens is 287 g/mol. The van der Waals surface area contributed by atoms with E-state index >= 15 is 0 Å². The number of aryl methyl sites for hydroxylation is 1. The molecule has 9 heteroatoms.